The molecule has 0 spiro atoms. The standard InChI is InChI=1S/C24H31N5O4/c1-15(2)29-23-20(13-26-29)22(28-8-6-16(7-9-28)24(31)32)11-21(27-23)17-4-3-5-19(10-17)33-14-18(30)12-25/h3-5,10-11,13,15-16,18,30H,6-9,12,14,25H2,1-2H3,(H,31,32). The largest absolute Gasteiger partial charge is 0.491 e. The summed E-state index contributed by atoms with van der Waals surface area (Å²) in [5.41, 5.74) is 8.94. The maximum absolute atomic E-state index is 11.4. The number of carbonyl (C=O) groups is 1. The lowest BCUT2D eigenvalue weighted by Gasteiger charge is -2.32. The SMILES string of the molecule is CC(C)n1ncc2c(N3CCC(C(=O)O)CC3)cc(-c3cccc(OCC(O)CN)c3)nc21. The third-order valence-electron chi connectivity index (χ3n) is 6.06. The molecule has 3 heterocycles. The van der Waals surface area contributed by atoms with Gasteiger partial charge in [-0.1, -0.05) is 12.1 Å². The van der Waals surface area contributed by atoms with Crippen LogP contribution < -0.4 is 15.4 Å². The molecular formula is C24H31N5O4. The van der Waals surface area contributed by atoms with E-state index in [0.29, 0.717) is 31.7 Å². The maximum atomic E-state index is 11.4. The summed E-state index contributed by atoms with van der Waals surface area (Å²) < 4.78 is 7.60. The predicted molar refractivity (Wildman–Crippen MR) is 126 cm³/mol. The quantitative estimate of drug-likeness (QED) is 0.475. The lowest BCUT2D eigenvalue weighted by molar-refractivity contribution is -0.142. The Kier molecular flexibility index (Phi) is 6.80. The van der Waals surface area contributed by atoms with Gasteiger partial charge in [0.1, 0.15) is 18.5 Å². The Labute approximate surface area is 192 Å². The Bertz CT molecular complexity index is 1120. The van der Waals surface area contributed by atoms with E-state index in [-0.39, 0.29) is 25.1 Å². The molecule has 0 aliphatic carbocycles. The molecule has 3 aromatic rings. The summed E-state index contributed by atoms with van der Waals surface area (Å²) in [5, 5.41) is 24.6. The molecule has 9 nitrogen and oxygen atoms in total. The Balaban J connectivity index is 1.72. The number of rotatable bonds is 8. The summed E-state index contributed by atoms with van der Waals surface area (Å²) in [7, 11) is 0. The van der Waals surface area contributed by atoms with Crippen LogP contribution in [-0.4, -0.2) is 63.3 Å². The molecule has 9 heteroatoms. The predicted octanol–water partition coefficient (Wildman–Crippen LogP) is 2.68. The van der Waals surface area contributed by atoms with Crippen molar-refractivity contribution in [1.29, 1.82) is 0 Å². The fourth-order valence-electron chi connectivity index (χ4n) is 4.16. The third kappa shape index (κ3) is 4.94. The van der Waals surface area contributed by atoms with Crippen molar-refractivity contribution in [1.82, 2.24) is 14.8 Å². The zero-order chi connectivity index (χ0) is 23.5. The molecule has 1 aliphatic heterocycles. The van der Waals surface area contributed by atoms with Crippen LogP contribution in [0.25, 0.3) is 22.3 Å². The summed E-state index contributed by atoms with van der Waals surface area (Å²) in [6.07, 6.45) is 2.35. The number of nitrogens with zero attached hydrogens (tertiary/aromatic N) is 4. The van der Waals surface area contributed by atoms with Crippen LogP contribution >= 0.6 is 0 Å². The van der Waals surface area contributed by atoms with Crippen LogP contribution in [0, 0.1) is 5.92 Å². The lowest BCUT2D eigenvalue weighted by Crippen LogP contribution is -2.36. The average Bonchev–Trinajstić information content (AvgIpc) is 3.26. The molecule has 1 aromatic carbocycles. The van der Waals surface area contributed by atoms with Crippen molar-refractivity contribution >= 4 is 22.7 Å². The van der Waals surface area contributed by atoms with E-state index in [9.17, 15) is 15.0 Å². The number of carboxylic acids is 1. The number of fused-ring (bicyclic) bond motifs is 1. The molecular weight excluding hydrogens is 422 g/mol. The van der Waals surface area contributed by atoms with Crippen LogP contribution in [0.5, 0.6) is 5.75 Å². The van der Waals surface area contributed by atoms with Gasteiger partial charge in [0.15, 0.2) is 5.65 Å². The molecule has 1 aliphatic rings. The molecule has 33 heavy (non-hydrogen) atoms. The van der Waals surface area contributed by atoms with E-state index in [1.165, 1.54) is 0 Å². The van der Waals surface area contributed by atoms with Gasteiger partial charge in [-0.25, -0.2) is 9.67 Å². The second kappa shape index (κ2) is 9.76. The number of benzene rings is 1. The number of ether oxygens (including phenoxy) is 1. The molecule has 1 fully saturated rings. The fraction of sp³-hybridized carbons (Fsp3) is 0.458. The number of pyridine rings is 1. The number of carboxylic acid groups (broad SMARTS) is 1. The minimum atomic E-state index is -0.723. The van der Waals surface area contributed by atoms with Crippen LogP contribution in [0.4, 0.5) is 5.69 Å². The second-order valence-corrected chi connectivity index (χ2v) is 8.77. The molecule has 0 saturated carbocycles. The molecule has 0 amide bonds. The molecule has 4 N–H and O–H groups in total. The van der Waals surface area contributed by atoms with Crippen molar-refractivity contribution in [3.05, 3.63) is 36.5 Å². The monoisotopic (exact) mass is 453 g/mol. The van der Waals surface area contributed by atoms with Crippen LogP contribution in [0.3, 0.4) is 0 Å². The first kappa shape index (κ1) is 23.0. The van der Waals surface area contributed by atoms with Crippen LogP contribution in [0.1, 0.15) is 32.7 Å². The molecule has 0 bridgehead atoms. The first-order chi connectivity index (χ1) is 15.9. The van der Waals surface area contributed by atoms with Gasteiger partial charge >= 0.3 is 5.97 Å². The first-order valence-corrected chi connectivity index (χ1v) is 11.3. The zero-order valence-electron chi connectivity index (χ0n) is 19.0. The van der Waals surface area contributed by atoms with E-state index >= 15 is 0 Å². The Morgan fingerprint density at radius 2 is 2.03 bits per heavy atom. The van der Waals surface area contributed by atoms with Gasteiger partial charge in [0.05, 0.1) is 28.9 Å². The maximum Gasteiger partial charge on any atom is 0.306 e. The van der Waals surface area contributed by atoms with Crippen molar-refractivity contribution in [3.63, 3.8) is 0 Å². The number of hydrogen-bond acceptors (Lipinski definition) is 7. The van der Waals surface area contributed by atoms with Gasteiger partial charge in [0.25, 0.3) is 0 Å². The van der Waals surface area contributed by atoms with Gasteiger partial charge in [0.2, 0.25) is 0 Å². The second-order valence-electron chi connectivity index (χ2n) is 8.77. The number of aliphatic hydroxyl groups is 1. The highest BCUT2D eigenvalue weighted by atomic mass is 16.5. The zero-order valence-corrected chi connectivity index (χ0v) is 19.0. The minimum absolute atomic E-state index is 0.121. The topological polar surface area (TPSA) is 127 Å². The molecule has 1 saturated heterocycles. The van der Waals surface area contributed by atoms with Crippen LogP contribution in [0.2, 0.25) is 0 Å². The minimum Gasteiger partial charge on any atom is -0.491 e. The molecule has 2 aromatic heterocycles. The summed E-state index contributed by atoms with van der Waals surface area (Å²) in [5.74, 6) is -0.392. The van der Waals surface area contributed by atoms with Gasteiger partial charge in [-0.2, -0.15) is 5.10 Å². The summed E-state index contributed by atoms with van der Waals surface area (Å²) in [4.78, 5) is 18.6. The van der Waals surface area contributed by atoms with Gasteiger partial charge < -0.3 is 25.6 Å². The lowest BCUT2D eigenvalue weighted by atomic mass is 9.96. The number of aromatic nitrogens is 3. The number of piperidine rings is 1. The van der Waals surface area contributed by atoms with Gasteiger partial charge in [-0.15, -0.1) is 0 Å². The highest BCUT2D eigenvalue weighted by Crippen LogP contribution is 2.35. The molecule has 176 valence electrons. The van der Waals surface area contributed by atoms with Crippen molar-refractivity contribution in [2.45, 2.75) is 38.8 Å². The first-order valence-electron chi connectivity index (χ1n) is 11.3. The van der Waals surface area contributed by atoms with E-state index in [2.05, 4.69) is 23.8 Å². The normalized spacial score (nSPS) is 15.8. The van der Waals surface area contributed by atoms with Crippen molar-refractivity contribution in [3.8, 4) is 17.0 Å². The van der Waals surface area contributed by atoms with Gasteiger partial charge in [-0.05, 0) is 44.9 Å². The van der Waals surface area contributed by atoms with E-state index in [1.54, 1.807) is 0 Å². The highest BCUT2D eigenvalue weighted by Gasteiger charge is 2.27. The van der Waals surface area contributed by atoms with Crippen LogP contribution in [0.15, 0.2) is 36.5 Å². The Morgan fingerprint density at radius 3 is 2.70 bits per heavy atom. The number of hydrogen-bond donors (Lipinski definition) is 3. The number of nitrogens with two attached hydrogens (primary N) is 1. The van der Waals surface area contributed by atoms with Crippen LogP contribution in [-0.2, 0) is 4.79 Å². The summed E-state index contributed by atoms with van der Waals surface area (Å²) in [6.45, 7) is 5.73. The van der Waals surface area contributed by atoms with Gasteiger partial charge in [0, 0.05) is 31.2 Å². The summed E-state index contributed by atoms with van der Waals surface area (Å²) in [6, 6.07) is 9.78. The smallest absolute Gasteiger partial charge is 0.306 e. The number of aliphatic carboxylic acids is 1. The van der Waals surface area contributed by atoms with E-state index in [0.717, 1.165) is 28.0 Å². The number of aliphatic hydroxyl groups excluding tert-OH is 1. The fourth-order valence-corrected chi connectivity index (χ4v) is 4.16. The van der Waals surface area contributed by atoms with E-state index in [1.807, 2.05) is 41.2 Å². The average molecular weight is 454 g/mol. The van der Waals surface area contributed by atoms with E-state index < -0.39 is 12.1 Å². The Morgan fingerprint density at radius 1 is 1.27 bits per heavy atom. The third-order valence-corrected chi connectivity index (χ3v) is 6.06. The van der Waals surface area contributed by atoms with Crippen molar-refractivity contribution < 1.29 is 19.7 Å². The molecule has 1 unspecified atom stereocenters. The Hall–Kier alpha value is -3.17. The van der Waals surface area contributed by atoms with E-state index in [4.69, 9.17) is 15.5 Å². The molecule has 4 rings (SSSR count). The summed E-state index contributed by atoms with van der Waals surface area (Å²) >= 11 is 0. The van der Waals surface area contributed by atoms with Gasteiger partial charge in [-0.3, -0.25) is 4.79 Å². The highest BCUT2D eigenvalue weighted by molar-refractivity contribution is 5.92. The van der Waals surface area contributed by atoms with Crippen molar-refractivity contribution in [2.24, 2.45) is 11.7 Å². The molecule has 0 radical (unpaired) electrons. The number of anilines is 1. The molecule has 1 atom stereocenters. The van der Waals surface area contributed by atoms with Crippen molar-refractivity contribution in [2.75, 3.05) is 31.1 Å².